The number of carbonyl (C=O) groups is 3. The lowest BCUT2D eigenvalue weighted by molar-refractivity contribution is -0.164. The summed E-state index contributed by atoms with van der Waals surface area (Å²) in [6.07, 6.45) is -6.58. The Morgan fingerprint density at radius 2 is 1.79 bits per heavy atom. The van der Waals surface area contributed by atoms with Gasteiger partial charge in [-0.25, -0.2) is 4.90 Å². The highest BCUT2D eigenvalue weighted by Gasteiger charge is 2.61. The highest BCUT2D eigenvalue weighted by molar-refractivity contribution is 5.92. The zero-order chi connectivity index (χ0) is 18.4. The minimum atomic E-state index is -1.77. The SMILES string of the molecule is CC(=O)C1N(C(C)=O)CC(N)(C(C)=O)N1[C@@H]1O[C@H](CO)[C@@H](O)[C@H]1O. The molecule has 2 aliphatic heterocycles. The Bertz CT molecular complexity index is 556. The van der Waals surface area contributed by atoms with Crippen molar-refractivity contribution in [2.75, 3.05) is 13.2 Å². The third-order valence-corrected chi connectivity index (χ3v) is 4.60. The molecular formula is C14H23N3O7. The Morgan fingerprint density at radius 3 is 2.17 bits per heavy atom. The molecule has 0 radical (unpaired) electrons. The van der Waals surface area contributed by atoms with Crippen LogP contribution in [0.2, 0.25) is 0 Å². The summed E-state index contributed by atoms with van der Waals surface area (Å²) in [5.74, 6) is -1.48. The summed E-state index contributed by atoms with van der Waals surface area (Å²) in [6.45, 7) is 2.84. The molecule has 2 heterocycles. The van der Waals surface area contributed by atoms with Crippen molar-refractivity contribution in [1.82, 2.24) is 9.80 Å². The highest BCUT2D eigenvalue weighted by atomic mass is 16.6. The standard InChI is InChI=1S/C14H23N3O7/c1-6(19)12-16(8(3)21)5-14(15,7(2)20)17(12)13-11(23)10(22)9(4-18)24-13/h9-13,18,22-23H,4-5,15H2,1-3H3/t9-,10-,11-,12?,13-,14?/m1/s1. The minimum absolute atomic E-state index is 0.256. The number of Topliss-reactive ketones (excluding diaryl/α,β-unsaturated/α-hetero) is 2. The summed E-state index contributed by atoms with van der Waals surface area (Å²) in [6, 6.07) is 0. The van der Waals surface area contributed by atoms with Gasteiger partial charge in [0, 0.05) is 6.92 Å². The van der Waals surface area contributed by atoms with Crippen molar-refractivity contribution in [3.05, 3.63) is 0 Å². The zero-order valence-electron chi connectivity index (χ0n) is 13.7. The molecule has 0 aromatic rings. The maximum atomic E-state index is 12.1. The molecule has 136 valence electrons. The van der Waals surface area contributed by atoms with Crippen LogP contribution in [0, 0.1) is 0 Å². The lowest BCUT2D eigenvalue weighted by atomic mass is 10.0. The number of hydrogen-bond donors (Lipinski definition) is 4. The number of nitrogens with two attached hydrogens (primary N) is 1. The fraction of sp³-hybridized carbons (Fsp3) is 0.786. The number of nitrogens with zero attached hydrogens (tertiary/aromatic N) is 2. The van der Waals surface area contributed by atoms with E-state index in [0.717, 1.165) is 9.80 Å². The Morgan fingerprint density at radius 1 is 1.21 bits per heavy atom. The molecule has 2 rings (SSSR count). The van der Waals surface area contributed by atoms with Gasteiger partial charge in [-0.1, -0.05) is 0 Å². The Hall–Kier alpha value is -1.43. The number of aliphatic hydroxyl groups excluding tert-OH is 3. The second-order valence-electron chi connectivity index (χ2n) is 6.25. The van der Waals surface area contributed by atoms with E-state index >= 15 is 0 Å². The lowest BCUT2D eigenvalue weighted by Gasteiger charge is -2.39. The number of carbonyl (C=O) groups excluding carboxylic acids is 3. The summed E-state index contributed by atoms with van der Waals surface area (Å²) in [5.41, 5.74) is 4.41. The van der Waals surface area contributed by atoms with Gasteiger partial charge in [-0.2, -0.15) is 0 Å². The molecule has 1 amide bonds. The third-order valence-electron chi connectivity index (χ3n) is 4.60. The topological polar surface area (TPSA) is 154 Å². The van der Waals surface area contributed by atoms with Crippen LogP contribution in [0.3, 0.4) is 0 Å². The van der Waals surface area contributed by atoms with Gasteiger partial charge >= 0.3 is 0 Å². The molecule has 0 bridgehead atoms. The van der Waals surface area contributed by atoms with Crippen molar-refractivity contribution in [3.8, 4) is 0 Å². The molecule has 10 heteroatoms. The second kappa shape index (κ2) is 6.47. The fourth-order valence-corrected chi connectivity index (χ4v) is 3.26. The van der Waals surface area contributed by atoms with E-state index in [2.05, 4.69) is 0 Å². The molecule has 0 spiro atoms. The van der Waals surface area contributed by atoms with Gasteiger partial charge in [0.05, 0.1) is 13.2 Å². The predicted molar refractivity (Wildman–Crippen MR) is 79.1 cm³/mol. The number of ether oxygens (including phenoxy) is 1. The first kappa shape index (κ1) is 18.9. The first-order valence-electron chi connectivity index (χ1n) is 7.54. The minimum Gasteiger partial charge on any atom is -0.394 e. The van der Waals surface area contributed by atoms with Crippen LogP contribution in [0.25, 0.3) is 0 Å². The summed E-state index contributed by atoms with van der Waals surface area (Å²) < 4.78 is 5.43. The molecule has 2 aliphatic rings. The molecule has 2 saturated heterocycles. The van der Waals surface area contributed by atoms with Gasteiger partial charge < -0.3 is 30.7 Å². The van der Waals surface area contributed by atoms with Crippen LogP contribution < -0.4 is 5.73 Å². The zero-order valence-corrected chi connectivity index (χ0v) is 13.7. The van der Waals surface area contributed by atoms with Crippen molar-refractivity contribution in [2.24, 2.45) is 5.73 Å². The van der Waals surface area contributed by atoms with E-state index in [0.29, 0.717) is 0 Å². The Labute approximate surface area is 138 Å². The third kappa shape index (κ3) is 2.75. The Balaban J connectivity index is 2.50. The Kier molecular flexibility index (Phi) is 5.09. The molecule has 0 saturated carbocycles. The molecule has 2 unspecified atom stereocenters. The normalized spacial score (nSPS) is 40.1. The van der Waals surface area contributed by atoms with Crippen molar-refractivity contribution in [2.45, 2.75) is 57.1 Å². The second-order valence-corrected chi connectivity index (χ2v) is 6.25. The number of hydrogen-bond acceptors (Lipinski definition) is 9. The lowest BCUT2D eigenvalue weighted by Crippen LogP contribution is -2.66. The molecule has 0 aliphatic carbocycles. The first-order valence-corrected chi connectivity index (χ1v) is 7.54. The number of ketones is 2. The van der Waals surface area contributed by atoms with Crippen LogP contribution in [0.1, 0.15) is 20.8 Å². The van der Waals surface area contributed by atoms with Gasteiger partial charge in [0.15, 0.2) is 17.2 Å². The van der Waals surface area contributed by atoms with Gasteiger partial charge in [0.25, 0.3) is 0 Å². The molecule has 0 aromatic heterocycles. The average Bonchev–Trinajstić information content (AvgIpc) is 2.96. The van der Waals surface area contributed by atoms with Crippen LogP contribution in [0.5, 0.6) is 0 Å². The van der Waals surface area contributed by atoms with E-state index in [4.69, 9.17) is 10.5 Å². The van der Waals surface area contributed by atoms with Gasteiger partial charge in [-0.05, 0) is 13.8 Å². The molecule has 24 heavy (non-hydrogen) atoms. The van der Waals surface area contributed by atoms with Crippen molar-refractivity contribution < 1.29 is 34.4 Å². The van der Waals surface area contributed by atoms with Gasteiger partial charge in [-0.3, -0.25) is 14.4 Å². The van der Waals surface area contributed by atoms with Crippen LogP contribution in [-0.4, -0.2) is 92.1 Å². The van der Waals surface area contributed by atoms with Crippen LogP contribution in [-0.2, 0) is 19.1 Å². The molecule has 10 nitrogen and oxygen atoms in total. The van der Waals surface area contributed by atoms with Crippen LogP contribution in [0.4, 0.5) is 0 Å². The summed E-state index contributed by atoms with van der Waals surface area (Å²) in [5, 5.41) is 29.4. The van der Waals surface area contributed by atoms with Crippen LogP contribution in [0.15, 0.2) is 0 Å². The quantitative estimate of drug-likeness (QED) is 0.411. The summed E-state index contributed by atoms with van der Waals surface area (Å²) >= 11 is 0. The molecular weight excluding hydrogens is 322 g/mol. The summed E-state index contributed by atoms with van der Waals surface area (Å²) in [7, 11) is 0. The monoisotopic (exact) mass is 345 g/mol. The maximum Gasteiger partial charge on any atom is 0.221 e. The van der Waals surface area contributed by atoms with Gasteiger partial charge in [-0.15, -0.1) is 0 Å². The van der Waals surface area contributed by atoms with Gasteiger partial charge in [0.1, 0.15) is 30.7 Å². The highest BCUT2D eigenvalue weighted by Crippen LogP contribution is 2.36. The van der Waals surface area contributed by atoms with E-state index in [9.17, 15) is 29.7 Å². The fourth-order valence-electron chi connectivity index (χ4n) is 3.26. The number of amides is 1. The number of aliphatic hydroxyl groups is 3. The van der Waals surface area contributed by atoms with E-state index in [1.165, 1.54) is 20.8 Å². The molecule has 2 fully saturated rings. The van der Waals surface area contributed by atoms with E-state index < -0.39 is 60.4 Å². The van der Waals surface area contributed by atoms with E-state index in [-0.39, 0.29) is 6.54 Å². The predicted octanol–water partition coefficient (Wildman–Crippen LogP) is -3.25. The summed E-state index contributed by atoms with van der Waals surface area (Å²) in [4.78, 5) is 38.4. The average molecular weight is 345 g/mol. The van der Waals surface area contributed by atoms with E-state index in [1.807, 2.05) is 0 Å². The van der Waals surface area contributed by atoms with Crippen molar-refractivity contribution in [3.63, 3.8) is 0 Å². The first-order chi connectivity index (χ1) is 11.1. The van der Waals surface area contributed by atoms with Gasteiger partial charge in [0.2, 0.25) is 5.91 Å². The number of rotatable bonds is 4. The molecule has 5 N–H and O–H groups in total. The van der Waals surface area contributed by atoms with E-state index in [1.54, 1.807) is 0 Å². The largest absolute Gasteiger partial charge is 0.394 e. The smallest absolute Gasteiger partial charge is 0.221 e. The van der Waals surface area contributed by atoms with Crippen molar-refractivity contribution in [1.29, 1.82) is 0 Å². The van der Waals surface area contributed by atoms with Crippen molar-refractivity contribution >= 4 is 17.5 Å². The molecule has 6 atom stereocenters. The van der Waals surface area contributed by atoms with Crippen LogP contribution >= 0.6 is 0 Å². The maximum absolute atomic E-state index is 12.1. The molecule has 0 aromatic carbocycles.